The summed E-state index contributed by atoms with van der Waals surface area (Å²) in [7, 11) is 0. The van der Waals surface area contributed by atoms with Crippen molar-refractivity contribution in [2.45, 2.75) is 20.1 Å². The molecule has 100 valence electrons. The average molecular weight is 258 g/mol. The highest BCUT2D eigenvalue weighted by atomic mass is 16.5. The van der Waals surface area contributed by atoms with Crippen molar-refractivity contribution in [2.75, 3.05) is 17.7 Å². The van der Waals surface area contributed by atoms with E-state index in [0.717, 1.165) is 0 Å². The Hall–Kier alpha value is -2.14. The molecule has 0 bridgehead atoms. The Balaban J connectivity index is 2.01. The van der Waals surface area contributed by atoms with Crippen LogP contribution in [0.3, 0.4) is 0 Å². The number of rotatable bonds is 6. The van der Waals surface area contributed by atoms with Crippen LogP contribution in [0, 0.1) is 0 Å². The van der Waals surface area contributed by atoms with Crippen molar-refractivity contribution in [2.24, 2.45) is 0 Å². The number of nitrogen functional groups attached to an aromatic ring is 1. The van der Waals surface area contributed by atoms with Gasteiger partial charge in [0.05, 0.1) is 0 Å². The molecule has 0 saturated heterocycles. The molecule has 0 aliphatic heterocycles. The smallest absolute Gasteiger partial charge is 0.158 e. The number of nitrogens with one attached hydrogen (secondary N) is 1. The number of hydrogen-bond donors (Lipinski definition) is 2. The van der Waals surface area contributed by atoms with E-state index in [9.17, 15) is 0 Å². The molecule has 0 radical (unpaired) electrons. The third-order valence-corrected chi connectivity index (χ3v) is 2.54. The number of nitrogens with zero attached hydrogens (tertiary/aromatic N) is 2. The van der Waals surface area contributed by atoms with Crippen LogP contribution in [0.4, 0.5) is 11.6 Å². The fourth-order valence-corrected chi connectivity index (χ4v) is 1.65. The molecule has 0 unspecified atom stereocenters. The first-order chi connectivity index (χ1) is 9.28. The molecule has 1 aromatic carbocycles. The highest BCUT2D eigenvalue weighted by Gasteiger charge is 2.02. The number of ether oxygens (including phenoxy) is 1. The number of anilines is 2. The van der Waals surface area contributed by atoms with Crippen molar-refractivity contribution in [3.05, 3.63) is 47.8 Å². The third kappa shape index (κ3) is 4.22. The Bertz CT molecular complexity index is 516. The van der Waals surface area contributed by atoms with Crippen molar-refractivity contribution in [3.63, 3.8) is 0 Å². The molecule has 1 aromatic heterocycles. The zero-order valence-corrected chi connectivity index (χ0v) is 11.0. The number of benzene rings is 1. The van der Waals surface area contributed by atoms with Gasteiger partial charge in [-0.05, 0) is 12.5 Å². The molecule has 0 aliphatic carbocycles. The Morgan fingerprint density at radius 1 is 1.21 bits per heavy atom. The van der Waals surface area contributed by atoms with Crippen LogP contribution in [-0.4, -0.2) is 16.6 Å². The van der Waals surface area contributed by atoms with E-state index in [4.69, 9.17) is 10.5 Å². The molecular weight excluding hydrogens is 240 g/mol. The summed E-state index contributed by atoms with van der Waals surface area (Å²) in [6, 6.07) is 11.8. The Labute approximate surface area is 112 Å². The molecule has 0 fully saturated rings. The number of hydrogen-bond acceptors (Lipinski definition) is 5. The van der Waals surface area contributed by atoms with Gasteiger partial charge in [-0.15, -0.1) is 0 Å². The lowest BCUT2D eigenvalue weighted by atomic mass is 10.2. The second-order valence-corrected chi connectivity index (χ2v) is 4.07. The first-order valence-electron chi connectivity index (χ1n) is 6.27. The summed E-state index contributed by atoms with van der Waals surface area (Å²) in [4.78, 5) is 8.49. The number of aromatic nitrogens is 2. The van der Waals surface area contributed by atoms with Gasteiger partial charge in [0.1, 0.15) is 18.2 Å². The maximum absolute atomic E-state index is 5.75. The molecule has 5 heteroatoms. The van der Waals surface area contributed by atoms with Gasteiger partial charge in [-0.3, -0.25) is 0 Å². The SMILES string of the molecule is CCOCc1nc(N)cc(NCc2ccccc2)n1. The van der Waals surface area contributed by atoms with Gasteiger partial charge in [0, 0.05) is 19.2 Å². The van der Waals surface area contributed by atoms with E-state index in [1.807, 2.05) is 25.1 Å². The average Bonchev–Trinajstić information content (AvgIpc) is 2.43. The lowest BCUT2D eigenvalue weighted by Gasteiger charge is -2.08. The van der Waals surface area contributed by atoms with Crippen molar-refractivity contribution < 1.29 is 4.74 Å². The third-order valence-electron chi connectivity index (χ3n) is 2.54. The Kier molecular flexibility index (Phi) is 4.69. The first-order valence-corrected chi connectivity index (χ1v) is 6.27. The summed E-state index contributed by atoms with van der Waals surface area (Å²) in [5.74, 6) is 1.75. The molecule has 0 amide bonds. The summed E-state index contributed by atoms with van der Waals surface area (Å²) < 4.78 is 5.28. The molecule has 19 heavy (non-hydrogen) atoms. The molecule has 0 spiro atoms. The monoisotopic (exact) mass is 258 g/mol. The highest BCUT2D eigenvalue weighted by molar-refractivity contribution is 5.45. The van der Waals surface area contributed by atoms with Crippen LogP contribution < -0.4 is 11.1 Å². The van der Waals surface area contributed by atoms with E-state index in [-0.39, 0.29) is 0 Å². The van der Waals surface area contributed by atoms with Crippen LogP contribution in [0.25, 0.3) is 0 Å². The quantitative estimate of drug-likeness (QED) is 0.831. The molecule has 0 saturated carbocycles. The molecule has 3 N–H and O–H groups in total. The fraction of sp³-hybridized carbons (Fsp3) is 0.286. The summed E-state index contributed by atoms with van der Waals surface area (Å²) in [6.45, 7) is 3.64. The molecule has 0 atom stereocenters. The van der Waals surface area contributed by atoms with Crippen molar-refractivity contribution >= 4 is 11.6 Å². The second kappa shape index (κ2) is 6.70. The fourth-order valence-electron chi connectivity index (χ4n) is 1.65. The van der Waals surface area contributed by atoms with Crippen LogP contribution in [0.2, 0.25) is 0 Å². The lowest BCUT2D eigenvalue weighted by Crippen LogP contribution is -2.07. The summed E-state index contributed by atoms with van der Waals surface area (Å²) in [6.07, 6.45) is 0. The molecule has 1 heterocycles. The summed E-state index contributed by atoms with van der Waals surface area (Å²) in [5, 5.41) is 3.23. The predicted octanol–water partition coefficient (Wildman–Crippen LogP) is 2.21. The van der Waals surface area contributed by atoms with E-state index in [1.165, 1.54) is 5.56 Å². The van der Waals surface area contributed by atoms with Gasteiger partial charge in [-0.25, -0.2) is 9.97 Å². The van der Waals surface area contributed by atoms with Gasteiger partial charge in [0.2, 0.25) is 0 Å². The van der Waals surface area contributed by atoms with Crippen LogP contribution in [-0.2, 0) is 17.9 Å². The minimum Gasteiger partial charge on any atom is -0.384 e. The Morgan fingerprint density at radius 2 is 2.00 bits per heavy atom. The van der Waals surface area contributed by atoms with Gasteiger partial charge in [-0.2, -0.15) is 0 Å². The molecular formula is C14H18N4O. The maximum atomic E-state index is 5.75. The van der Waals surface area contributed by atoms with E-state index in [2.05, 4.69) is 27.4 Å². The summed E-state index contributed by atoms with van der Waals surface area (Å²) in [5.41, 5.74) is 6.94. The van der Waals surface area contributed by atoms with Gasteiger partial charge in [0.15, 0.2) is 5.82 Å². The standard InChI is InChI=1S/C14H18N4O/c1-2-19-10-14-17-12(15)8-13(18-14)16-9-11-6-4-3-5-7-11/h3-8H,2,9-10H2,1H3,(H3,15,16,17,18). The predicted molar refractivity (Wildman–Crippen MR) is 75.5 cm³/mol. The maximum Gasteiger partial charge on any atom is 0.158 e. The Morgan fingerprint density at radius 3 is 2.74 bits per heavy atom. The molecule has 2 aromatic rings. The van der Waals surface area contributed by atoms with E-state index < -0.39 is 0 Å². The van der Waals surface area contributed by atoms with Gasteiger partial charge >= 0.3 is 0 Å². The van der Waals surface area contributed by atoms with Crippen LogP contribution in [0.5, 0.6) is 0 Å². The van der Waals surface area contributed by atoms with Crippen molar-refractivity contribution in [3.8, 4) is 0 Å². The van der Waals surface area contributed by atoms with Crippen LogP contribution >= 0.6 is 0 Å². The second-order valence-electron chi connectivity index (χ2n) is 4.07. The zero-order valence-electron chi connectivity index (χ0n) is 11.0. The van der Waals surface area contributed by atoms with Gasteiger partial charge < -0.3 is 15.8 Å². The van der Waals surface area contributed by atoms with E-state index in [0.29, 0.717) is 37.2 Å². The number of nitrogens with two attached hydrogens (primary N) is 1. The molecule has 2 rings (SSSR count). The minimum absolute atomic E-state index is 0.377. The van der Waals surface area contributed by atoms with Crippen LogP contribution in [0.15, 0.2) is 36.4 Å². The minimum atomic E-state index is 0.377. The molecule has 0 aliphatic rings. The topological polar surface area (TPSA) is 73.1 Å². The highest BCUT2D eigenvalue weighted by Crippen LogP contribution is 2.11. The summed E-state index contributed by atoms with van der Waals surface area (Å²) >= 11 is 0. The van der Waals surface area contributed by atoms with Gasteiger partial charge in [-0.1, -0.05) is 30.3 Å². The normalized spacial score (nSPS) is 10.4. The van der Waals surface area contributed by atoms with E-state index >= 15 is 0 Å². The zero-order chi connectivity index (χ0) is 13.5. The van der Waals surface area contributed by atoms with E-state index in [1.54, 1.807) is 6.07 Å². The first kappa shape index (κ1) is 13.3. The largest absolute Gasteiger partial charge is 0.384 e. The van der Waals surface area contributed by atoms with Crippen LogP contribution in [0.1, 0.15) is 18.3 Å². The van der Waals surface area contributed by atoms with Crippen molar-refractivity contribution in [1.29, 1.82) is 0 Å². The van der Waals surface area contributed by atoms with Crippen molar-refractivity contribution in [1.82, 2.24) is 9.97 Å². The lowest BCUT2D eigenvalue weighted by molar-refractivity contribution is 0.128. The van der Waals surface area contributed by atoms with Gasteiger partial charge in [0.25, 0.3) is 0 Å². The molecule has 5 nitrogen and oxygen atoms in total.